The highest BCUT2D eigenvalue weighted by molar-refractivity contribution is 6.04. The molecule has 0 N–H and O–H groups in total. The zero-order valence-electron chi connectivity index (χ0n) is 14.2. The average Bonchev–Trinajstić information content (AvgIpc) is 3.15. The molecular weight excluding hydrogens is 328 g/mol. The normalized spacial score (nSPS) is 10.8. The maximum Gasteiger partial charge on any atom is 0.339 e. The number of aromatic nitrogens is 2. The number of aryl methyl sites for hydroxylation is 1. The largest absolute Gasteiger partial charge is 0.452 e. The summed E-state index contributed by atoms with van der Waals surface area (Å²) < 4.78 is 11.0. The van der Waals surface area contributed by atoms with Crippen molar-refractivity contribution >= 4 is 16.7 Å². The van der Waals surface area contributed by atoms with Gasteiger partial charge in [-0.05, 0) is 35.9 Å². The monoisotopic (exact) mass is 344 g/mol. The van der Waals surface area contributed by atoms with Crippen LogP contribution in [0, 0.1) is 6.92 Å². The molecule has 1 heterocycles. The van der Waals surface area contributed by atoms with Crippen molar-refractivity contribution in [1.82, 2.24) is 10.2 Å². The van der Waals surface area contributed by atoms with Crippen LogP contribution >= 0.6 is 0 Å². The minimum atomic E-state index is -0.419. The SMILES string of the molecule is Cc1cccc(-c2nnc(COC(=O)c3cccc4ccccc34)o2)c1. The molecule has 0 aliphatic heterocycles. The van der Waals surface area contributed by atoms with E-state index in [0.717, 1.165) is 21.9 Å². The lowest BCUT2D eigenvalue weighted by molar-refractivity contribution is 0.0441. The molecule has 0 saturated heterocycles. The van der Waals surface area contributed by atoms with Gasteiger partial charge in [0.2, 0.25) is 5.89 Å². The lowest BCUT2D eigenvalue weighted by Gasteiger charge is -2.05. The van der Waals surface area contributed by atoms with Gasteiger partial charge >= 0.3 is 5.97 Å². The molecule has 0 aliphatic rings. The summed E-state index contributed by atoms with van der Waals surface area (Å²) in [6.07, 6.45) is 0. The Labute approximate surface area is 150 Å². The van der Waals surface area contributed by atoms with Crippen LogP contribution < -0.4 is 0 Å². The molecule has 0 atom stereocenters. The highest BCUT2D eigenvalue weighted by Crippen LogP contribution is 2.21. The third-order valence-corrected chi connectivity index (χ3v) is 4.07. The lowest BCUT2D eigenvalue weighted by atomic mass is 10.1. The molecule has 0 saturated carbocycles. The molecule has 0 unspecified atom stereocenters. The van der Waals surface area contributed by atoms with Crippen LogP contribution in [0.1, 0.15) is 21.8 Å². The Morgan fingerprint density at radius 3 is 2.69 bits per heavy atom. The molecule has 0 aliphatic carbocycles. The maximum absolute atomic E-state index is 12.4. The minimum absolute atomic E-state index is 0.0686. The van der Waals surface area contributed by atoms with E-state index in [1.54, 1.807) is 6.07 Å². The number of carbonyl (C=O) groups excluding carboxylic acids is 1. The number of ether oxygens (including phenoxy) is 1. The molecular formula is C21H16N2O3. The number of benzene rings is 3. The van der Waals surface area contributed by atoms with Gasteiger partial charge in [0, 0.05) is 5.56 Å². The van der Waals surface area contributed by atoms with Crippen molar-refractivity contribution < 1.29 is 13.9 Å². The van der Waals surface area contributed by atoms with Gasteiger partial charge in [-0.2, -0.15) is 0 Å². The van der Waals surface area contributed by atoms with Gasteiger partial charge in [-0.15, -0.1) is 10.2 Å². The predicted molar refractivity (Wildman–Crippen MR) is 97.5 cm³/mol. The van der Waals surface area contributed by atoms with E-state index in [2.05, 4.69) is 10.2 Å². The van der Waals surface area contributed by atoms with Crippen LogP contribution in [0.3, 0.4) is 0 Å². The van der Waals surface area contributed by atoms with Crippen molar-refractivity contribution in [2.24, 2.45) is 0 Å². The molecule has 0 radical (unpaired) electrons. The third kappa shape index (κ3) is 3.19. The van der Waals surface area contributed by atoms with E-state index in [1.807, 2.05) is 67.6 Å². The van der Waals surface area contributed by atoms with Gasteiger partial charge in [0.1, 0.15) is 0 Å². The van der Waals surface area contributed by atoms with Crippen molar-refractivity contribution in [3.63, 3.8) is 0 Å². The highest BCUT2D eigenvalue weighted by Gasteiger charge is 2.14. The Bertz CT molecular complexity index is 1080. The van der Waals surface area contributed by atoms with Crippen LogP contribution in [-0.2, 0) is 11.3 Å². The first-order valence-electron chi connectivity index (χ1n) is 8.25. The maximum atomic E-state index is 12.4. The predicted octanol–water partition coefficient (Wildman–Crippen LogP) is 4.56. The van der Waals surface area contributed by atoms with E-state index in [0.29, 0.717) is 11.5 Å². The van der Waals surface area contributed by atoms with E-state index in [4.69, 9.17) is 9.15 Å². The molecule has 4 aromatic rings. The molecule has 5 nitrogen and oxygen atoms in total. The zero-order chi connectivity index (χ0) is 17.9. The number of fused-ring (bicyclic) bond motifs is 1. The van der Waals surface area contributed by atoms with Crippen molar-refractivity contribution in [1.29, 1.82) is 0 Å². The van der Waals surface area contributed by atoms with E-state index >= 15 is 0 Å². The van der Waals surface area contributed by atoms with Crippen LogP contribution in [0.2, 0.25) is 0 Å². The van der Waals surface area contributed by atoms with Gasteiger partial charge in [0.25, 0.3) is 5.89 Å². The molecule has 0 amide bonds. The standard InChI is InChI=1S/C21H16N2O3/c1-14-6-4-9-16(12-14)20-23-22-19(26-20)13-25-21(24)18-11-5-8-15-7-2-3-10-17(15)18/h2-12H,13H2,1H3. The quantitative estimate of drug-likeness (QED) is 0.508. The summed E-state index contributed by atoms with van der Waals surface area (Å²) in [4.78, 5) is 12.4. The van der Waals surface area contributed by atoms with Crippen molar-refractivity contribution in [3.8, 4) is 11.5 Å². The summed E-state index contributed by atoms with van der Waals surface area (Å²) in [6.45, 7) is 1.92. The Hall–Kier alpha value is -3.47. The summed E-state index contributed by atoms with van der Waals surface area (Å²) in [5.41, 5.74) is 2.45. The van der Waals surface area contributed by atoms with Gasteiger partial charge in [0.05, 0.1) is 5.56 Å². The van der Waals surface area contributed by atoms with E-state index in [1.165, 1.54) is 0 Å². The Morgan fingerprint density at radius 2 is 1.81 bits per heavy atom. The first kappa shape index (κ1) is 16.0. The second-order valence-electron chi connectivity index (χ2n) is 5.97. The number of carbonyl (C=O) groups is 1. The van der Waals surface area contributed by atoms with Crippen LogP contribution in [-0.4, -0.2) is 16.2 Å². The Kier molecular flexibility index (Phi) is 4.19. The van der Waals surface area contributed by atoms with Crippen LogP contribution in [0.15, 0.2) is 71.1 Å². The lowest BCUT2D eigenvalue weighted by Crippen LogP contribution is -2.06. The highest BCUT2D eigenvalue weighted by atomic mass is 16.5. The molecule has 1 aromatic heterocycles. The van der Waals surface area contributed by atoms with Gasteiger partial charge in [-0.1, -0.05) is 54.1 Å². The Balaban J connectivity index is 1.50. The zero-order valence-corrected chi connectivity index (χ0v) is 14.2. The van der Waals surface area contributed by atoms with E-state index < -0.39 is 5.97 Å². The number of hydrogen-bond donors (Lipinski definition) is 0. The fraction of sp³-hybridized carbons (Fsp3) is 0.0952. The van der Waals surface area contributed by atoms with Crippen molar-refractivity contribution in [2.45, 2.75) is 13.5 Å². The molecule has 128 valence electrons. The molecule has 3 aromatic carbocycles. The van der Waals surface area contributed by atoms with Crippen LogP contribution in [0.25, 0.3) is 22.2 Å². The van der Waals surface area contributed by atoms with Gasteiger partial charge in [0.15, 0.2) is 6.61 Å². The summed E-state index contributed by atoms with van der Waals surface area (Å²) in [7, 11) is 0. The molecule has 4 rings (SSSR count). The third-order valence-electron chi connectivity index (χ3n) is 4.07. The first-order chi connectivity index (χ1) is 12.7. The number of hydrogen-bond acceptors (Lipinski definition) is 5. The molecule has 0 spiro atoms. The summed E-state index contributed by atoms with van der Waals surface area (Å²) in [5, 5.41) is 9.82. The first-order valence-corrected chi connectivity index (χ1v) is 8.25. The fourth-order valence-corrected chi connectivity index (χ4v) is 2.82. The number of nitrogens with zero attached hydrogens (tertiary/aromatic N) is 2. The van der Waals surface area contributed by atoms with Gasteiger partial charge in [-0.3, -0.25) is 0 Å². The molecule has 26 heavy (non-hydrogen) atoms. The van der Waals surface area contributed by atoms with Crippen LogP contribution in [0.5, 0.6) is 0 Å². The Morgan fingerprint density at radius 1 is 1.00 bits per heavy atom. The topological polar surface area (TPSA) is 65.2 Å². The fourth-order valence-electron chi connectivity index (χ4n) is 2.82. The van der Waals surface area contributed by atoms with E-state index in [9.17, 15) is 4.79 Å². The van der Waals surface area contributed by atoms with Crippen molar-refractivity contribution in [3.05, 3.63) is 83.7 Å². The smallest absolute Gasteiger partial charge is 0.339 e. The summed E-state index contributed by atoms with van der Waals surface area (Å²) >= 11 is 0. The van der Waals surface area contributed by atoms with Gasteiger partial charge in [-0.25, -0.2) is 4.79 Å². The van der Waals surface area contributed by atoms with Gasteiger partial charge < -0.3 is 9.15 Å². The minimum Gasteiger partial charge on any atom is -0.452 e. The molecule has 0 fully saturated rings. The number of esters is 1. The second kappa shape index (κ2) is 6.80. The molecule has 0 bridgehead atoms. The average molecular weight is 344 g/mol. The summed E-state index contributed by atoms with van der Waals surface area (Å²) in [6, 6.07) is 21.0. The van der Waals surface area contributed by atoms with E-state index in [-0.39, 0.29) is 12.5 Å². The van der Waals surface area contributed by atoms with Crippen LogP contribution in [0.4, 0.5) is 0 Å². The van der Waals surface area contributed by atoms with Crippen molar-refractivity contribution in [2.75, 3.05) is 0 Å². The number of rotatable bonds is 4. The molecule has 5 heteroatoms. The second-order valence-corrected chi connectivity index (χ2v) is 5.97. The summed E-state index contributed by atoms with van der Waals surface area (Å²) in [5.74, 6) is 0.247.